The zero-order valence-electron chi connectivity index (χ0n) is 10.9. The third-order valence-corrected chi connectivity index (χ3v) is 4.34. The second kappa shape index (κ2) is 5.36. The lowest BCUT2D eigenvalue weighted by atomic mass is 10.0. The topological polar surface area (TPSA) is 43.8 Å². The SMILES string of the molecule is CCN1CCC(N(C)C(C(=O)O)C2CC2)CC1. The van der Waals surface area contributed by atoms with Crippen molar-refractivity contribution in [1.82, 2.24) is 9.80 Å². The highest BCUT2D eigenvalue weighted by Gasteiger charge is 2.41. The minimum Gasteiger partial charge on any atom is -0.480 e. The molecule has 1 N–H and O–H groups in total. The molecule has 0 radical (unpaired) electrons. The molecule has 0 aromatic carbocycles. The van der Waals surface area contributed by atoms with E-state index in [1.165, 1.54) is 0 Å². The average molecular weight is 240 g/mol. The molecule has 0 aromatic rings. The van der Waals surface area contributed by atoms with Crippen LogP contribution in [0.3, 0.4) is 0 Å². The van der Waals surface area contributed by atoms with Gasteiger partial charge < -0.3 is 10.0 Å². The molecule has 2 rings (SSSR count). The molecule has 1 aliphatic heterocycles. The molecule has 1 aliphatic carbocycles. The Labute approximate surface area is 104 Å². The van der Waals surface area contributed by atoms with E-state index in [0.717, 1.165) is 45.3 Å². The third-order valence-electron chi connectivity index (χ3n) is 4.34. The molecule has 1 saturated heterocycles. The monoisotopic (exact) mass is 240 g/mol. The van der Waals surface area contributed by atoms with Crippen LogP contribution in [0.5, 0.6) is 0 Å². The molecule has 0 aromatic heterocycles. The summed E-state index contributed by atoms with van der Waals surface area (Å²) in [4.78, 5) is 15.9. The van der Waals surface area contributed by atoms with Crippen LogP contribution in [0.15, 0.2) is 0 Å². The van der Waals surface area contributed by atoms with Gasteiger partial charge in [0.2, 0.25) is 0 Å². The van der Waals surface area contributed by atoms with Crippen molar-refractivity contribution in [2.45, 2.75) is 44.7 Å². The Bertz CT molecular complexity index is 271. The summed E-state index contributed by atoms with van der Waals surface area (Å²) in [5, 5.41) is 9.33. The van der Waals surface area contributed by atoms with Gasteiger partial charge in [-0.3, -0.25) is 9.69 Å². The highest BCUT2D eigenvalue weighted by Crippen LogP contribution is 2.36. The van der Waals surface area contributed by atoms with Crippen molar-refractivity contribution in [3.8, 4) is 0 Å². The quantitative estimate of drug-likeness (QED) is 0.786. The van der Waals surface area contributed by atoms with E-state index in [0.29, 0.717) is 12.0 Å². The van der Waals surface area contributed by atoms with Crippen LogP contribution in [0.1, 0.15) is 32.6 Å². The molecule has 4 heteroatoms. The Balaban J connectivity index is 1.90. The third kappa shape index (κ3) is 2.99. The molecule has 0 amide bonds. The summed E-state index contributed by atoms with van der Waals surface area (Å²) in [7, 11) is 2.00. The molecule has 17 heavy (non-hydrogen) atoms. The van der Waals surface area contributed by atoms with Crippen molar-refractivity contribution in [2.24, 2.45) is 5.92 Å². The van der Waals surface area contributed by atoms with Crippen molar-refractivity contribution in [1.29, 1.82) is 0 Å². The predicted octanol–water partition coefficient (Wildman–Crippen LogP) is 1.27. The summed E-state index contributed by atoms with van der Waals surface area (Å²) in [5.41, 5.74) is 0. The first-order valence-corrected chi connectivity index (χ1v) is 6.80. The number of aliphatic carboxylic acids is 1. The highest BCUT2D eigenvalue weighted by molar-refractivity contribution is 5.74. The van der Waals surface area contributed by atoms with Crippen LogP contribution in [0.2, 0.25) is 0 Å². The number of hydrogen-bond acceptors (Lipinski definition) is 3. The molecule has 2 aliphatic rings. The second-order valence-corrected chi connectivity index (χ2v) is 5.45. The summed E-state index contributed by atoms with van der Waals surface area (Å²) in [6.07, 6.45) is 4.41. The second-order valence-electron chi connectivity index (χ2n) is 5.45. The largest absolute Gasteiger partial charge is 0.480 e. The van der Waals surface area contributed by atoms with Crippen molar-refractivity contribution in [3.05, 3.63) is 0 Å². The number of carboxylic acid groups (broad SMARTS) is 1. The van der Waals surface area contributed by atoms with Gasteiger partial charge in [0.1, 0.15) is 6.04 Å². The van der Waals surface area contributed by atoms with Crippen LogP contribution < -0.4 is 0 Å². The van der Waals surface area contributed by atoms with Crippen molar-refractivity contribution >= 4 is 5.97 Å². The summed E-state index contributed by atoms with van der Waals surface area (Å²) in [6, 6.07) is 0.215. The van der Waals surface area contributed by atoms with Crippen LogP contribution in [-0.4, -0.2) is 59.6 Å². The number of carboxylic acids is 1. The lowest BCUT2D eigenvalue weighted by Crippen LogP contribution is -2.50. The molecule has 1 saturated carbocycles. The number of hydrogen-bond donors (Lipinski definition) is 1. The van der Waals surface area contributed by atoms with E-state index in [1.807, 2.05) is 7.05 Å². The smallest absolute Gasteiger partial charge is 0.321 e. The number of nitrogens with zero attached hydrogens (tertiary/aromatic N) is 2. The molecule has 0 bridgehead atoms. The van der Waals surface area contributed by atoms with Crippen LogP contribution in [-0.2, 0) is 4.79 Å². The van der Waals surface area contributed by atoms with E-state index in [-0.39, 0.29) is 6.04 Å². The first kappa shape index (κ1) is 12.8. The first-order valence-electron chi connectivity index (χ1n) is 6.80. The molecule has 1 heterocycles. The Morgan fingerprint density at radius 3 is 2.35 bits per heavy atom. The highest BCUT2D eigenvalue weighted by atomic mass is 16.4. The van der Waals surface area contributed by atoms with E-state index in [4.69, 9.17) is 0 Å². The van der Waals surface area contributed by atoms with Gasteiger partial charge in [-0.1, -0.05) is 6.92 Å². The van der Waals surface area contributed by atoms with Crippen LogP contribution in [0.25, 0.3) is 0 Å². The van der Waals surface area contributed by atoms with Crippen molar-refractivity contribution < 1.29 is 9.90 Å². The van der Waals surface area contributed by atoms with Gasteiger partial charge in [-0.05, 0) is 58.3 Å². The van der Waals surface area contributed by atoms with Crippen molar-refractivity contribution in [2.75, 3.05) is 26.7 Å². The van der Waals surface area contributed by atoms with E-state index in [1.54, 1.807) is 0 Å². The number of likely N-dealkylation sites (tertiary alicyclic amines) is 1. The van der Waals surface area contributed by atoms with E-state index in [9.17, 15) is 9.90 Å². The van der Waals surface area contributed by atoms with Crippen molar-refractivity contribution in [3.63, 3.8) is 0 Å². The summed E-state index contributed by atoms with van der Waals surface area (Å²) < 4.78 is 0. The first-order chi connectivity index (χ1) is 8.13. The van der Waals surface area contributed by atoms with Gasteiger partial charge >= 0.3 is 5.97 Å². The average Bonchev–Trinajstić information content (AvgIpc) is 3.13. The Kier molecular flexibility index (Phi) is 4.05. The summed E-state index contributed by atoms with van der Waals surface area (Å²) in [5.74, 6) is -0.227. The number of likely N-dealkylation sites (N-methyl/N-ethyl adjacent to an activating group) is 1. The van der Waals surface area contributed by atoms with Gasteiger partial charge in [-0.2, -0.15) is 0 Å². The summed E-state index contributed by atoms with van der Waals surface area (Å²) in [6.45, 7) is 5.53. The maximum Gasteiger partial charge on any atom is 0.321 e. The van der Waals surface area contributed by atoms with Gasteiger partial charge in [-0.25, -0.2) is 0 Å². The normalized spacial score (nSPS) is 25.1. The number of piperidine rings is 1. The van der Waals surface area contributed by atoms with Crippen LogP contribution in [0, 0.1) is 5.92 Å². The molecule has 1 atom stereocenters. The Morgan fingerprint density at radius 2 is 1.94 bits per heavy atom. The van der Waals surface area contributed by atoms with Crippen LogP contribution in [0.4, 0.5) is 0 Å². The van der Waals surface area contributed by atoms with Gasteiger partial charge in [0, 0.05) is 6.04 Å². The Morgan fingerprint density at radius 1 is 1.35 bits per heavy atom. The predicted molar refractivity (Wildman–Crippen MR) is 67.0 cm³/mol. The van der Waals surface area contributed by atoms with Gasteiger partial charge in [-0.15, -0.1) is 0 Å². The molecular weight excluding hydrogens is 216 g/mol. The van der Waals surface area contributed by atoms with Gasteiger partial charge in [0.15, 0.2) is 0 Å². The molecule has 1 unspecified atom stereocenters. The van der Waals surface area contributed by atoms with E-state index >= 15 is 0 Å². The fourth-order valence-corrected chi connectivity index (χ4v) is 2.99. The van der Waals surface area contributed by atoms with Gasteiger partial charge in [0.25, 0.3) is 0 Å². The molecule has 4 nitrogen and oxygen atoms in total. The maximum absolute atomic E-state index is 11.3. The van der Waals surface area contributed by atoms with Gasteiger partial charge in [0.05, 0.1) is 0 Å². The minimum atomic E-state index is -0.632. The minimum absolute atomic E-state index is 0.242. The van der Waals surface area contributed by atoms with E-state index < -0.39 is 5.97 Å². The molecule has 98 valence electrons. The standard InChI is InChI=1S/C13H24N2O2/c1-3-15-8-6-11(7-9-15)14(2)12(13(16)17)10-4-5-10/h10-12H,3-9H2,1-2H3,(H,16,17). The van der Waals surface area contributed by atoms with Crippen LogP contribution >= 0.6 is 0 Å². The molecule has 0 spiro atoms. The lowest BCUT2D eigenvalue weighted by Gasteiger charge is -2.38. The zero-order valence-corrected chi connectivity index (χ0v) is 10.9. The molecule has 2 fully saturated rings. The molecular formula is C13H24N2O2. The number of carbonyl (C=O) groups is 1. The number of rotatable bonds is 5. The maximum atomic E-state index is 11.3. The zero-order chi connectivity index (χ0) is 12.4. The fraction of sp³-hybridized carbons (Fsp3) is 0.923. The Hall–Kier alpha value is -0.610. The lowest BCUT2D eigenvalue weighted by molar-refractivity contribution is -0.145. The fourth-order valence-electron chi connectivity index (χ4n) is 2.99. The van der Waals surface area contributed by atoms with E-state index in [2.05, 4.69) is 16.7 Å². The summed E-state index contributed by atoms with van der Waals surface area (Å²) >= 11 is 0.